The number of aromatic amines is 1. The molecule has 0 fully saturated rings. The van der Waals surface area contributed by atoms with Crippen molar-refractivity contribution in [2.24, 2.45) is 0 Å². The first-order chi connectivity index (χ1) is 9.38. The number of pyridine rings is 1. The minimum atomic E-state index is -4.67. The van der Waals surface area contributed by atoms with Crippen LogP contribution in [-0.4, -0.2) is 20.1 Å². The summed E-state index contributed by atoms with van der Waals surface area (Å²) in [5, 5.41) is 19.6. The van der Waals surface area contributed by atoms with Gasteiger partial charge in [0.15, 0.2) is 0 Å². The molecule has 0 aliphatic rings. The van der Waals surface area contributed by atoms with Crippen LogP contribution < -0.4 is 5.32 Å². The first kappa shape index (κ1) is 13.8. The van der Waals surface area contributed by atoms with Gasteiger partial charge in [-0.3, -0.25) is 15.2 Å². The largest absolute Gasteiger partial charge is 0.433 e. The Morgan fingerprint density at radius 2 is 2.20 bits per heavy atom. The maximum absolute atomic E-state index is 12.5. The molecule has 106 valence electrons. The van der Waals surface area contributed by atoms with Gasteiger partial charge in [-0.2, -0.15) is 18.3 Å². The van der Waals surface area contributed by atoms with Gasteiger partial charge in [-0.25, -0.2) is 4.98 Å². The molecule has 0 saturated carbocycles. The molecule has 20 heavy (non-hydrogen) atoms. The van der Waals surface area contributed by atoms with Crippen LogP contribution in [0.1, 0.15) is 11.4 Å². The maximum atomic E-state index is 12.5. The lowest BCUT2D eigenvalue weighted by atomic mass is 10.2. The van der Waals surface area contributed by atoms with Crippen molar-refractivity contribution in [3.05, 3.63) is 46.0 Å². The van der Waals surface area contributed by atoms with Crippen molar-refractivity contribution in [3.63, 3.8) is 0 Å². The summed E-state index contributed by atoms with van der Waals surface area (Å²) in [5.41, 5.74) is -1.41. The van der Waals surface area contributed by atoms with E-state index in [9.17, 15) is 23.3 Å². The first-order valence-corrected chi connectivity index (χ1v) is 5.31. The number of hydrogen-bond acceptors (Lipinski definition) is 5. The van der Waals surface area contributed by atoms with E-state index in [0.29, 0.717) is 18.0 Å². The summed E-state index contributed by atoms with van der Waals surface area (Å²) in [6.45, 7) is 0.0716. The number of aromatic nitrogens is 3. The fourth-order valence-corrected chi connectivity index (χ4v) is 1.46. The number of alkyl halides is 3. The van der Waals surface area contributed by atoms with Crippen LogP contribution in [0.25, 0.3) is 0 Å². The van der Waals surface area contributed by atoms with Gasteiger partial charge in [0, 0.05) is 6.20 Å². The Morgan fingerprint density at radius 3 is 2.75 bits per heavy atom. The van der Waals surface area contributed by atoms with Crippen LogP contribution in [-0.2, 0) is 12.7 Å². The number of nitrogens with zero attached hydrogens (tertiary/aromatic N) is 3. The van der Waals surface area contributed by atoms with E-state index in [1.54, 1.807) is 6.07 Å². The number of nitro groups is 1. The van der Waals surface area contributed by atoms with E-state index in [2.05, 4.69) is 20.5 Å². The van der Waals surface area contributed by atoms with Gasteiger partial charge in [0.05, 0.1) is 17.2 Å². The number of H-pyrrole nitrogens is 1. The third-order valence-electron chi connectivity index (χ3n) is 2.40. The second-order valence-electron chi connectivity index (χ2n) is 3.78. The topological polar surface area (TPSA) is 96.7 Å². The number of halogens is 3. The van der Waals surface area contributed by atoms with Crippen molar-refractivity contribution >= 4 is 11.4 Å². The first-order valence-electron chi connectivity index (χ1n) is 5.31. The highest BCUT2D eigenvalue weighted by molar-refractivity contribution is 5.61. The van der Waals surface area contributed by atoms with E-state index in [-0.39, 0.29) is 12.2 Å². The average Bonchev–Trinajstić information content (AvgIpc) is 2.87. The molecule has 0 bridgehead atoms. The van der Waals surface area contributed by atoms with Gasteiger partial charge in [-0.1, -0.05) is 0 Å². The van der Waals surface area contributed by atoms with Crippen LogP contribution in [0, 0.1) is 10.1 Å². The molecule has 0 unspecified atom stereocenters. The molecule has 7 nitrogen and oxygen atoms in total. The summed E-state index contributed by atoms with van der Waals surface area (Å²) in [6, 6.07) is 2.19. The van der Waals surface area contributed by atoms with Gasteiger partial charge >= 0.3 is 11.9 Å². The van der Waals surface area contributed by atoms with E-state index in [4.69, 9.17) is 0 Å². The highest BCUT2D eigenvalue weighted by Gasteiger charge is 2.34. The molecule has 2 aromatic heterocycles. The standard InChI is InChI=1S/C10H8F3N5O2/c11-10(12,13)9-3-7(8(5-15-9)18(19)20)14-4-6-1-2-16-17-6/h1-3,5H,4H2,(H,14,15)(H,16,17). The fraction of sp³-hybridized carbons (Fsp3) is 0.200. The molecule has 0 saturated heterocycles. The Hall–Kier alpha value is -2.65. The van der Waals surface area contributed by atoms with Gasteiger partial charge in [0.25, 0.3) is 0 Å². The summed E-state index contributed by atoms with van der Waals surface area (Å²) in [5.74, 6) is 0. The quantitative estimate of drug-likeness (QED) is 0.664. The van der Waals surface area contributed by atoms with Crippen LogP contribution in [0.5, 0.6) is 0 Å². The molecule has 2 aromatic rings. The fourth-order valence-electron chi connectivity index (χ4n) is 1.46. The summed E-state index contributed by atoms with van der Waals surface area (Å²) in [6.07, 6.45) is -2.63. The average molecular weight is 287 g/mol. The number of hydrogen-bond donors (Lipinski definition) is 2. The SMILES string of the molecule is O=[N+]([O-])c1cnc(C(F)(F)F)cc1NCc1ccn[nH]1. The maximum Gasteiger partial charge on any atom is 0.433 e. The van der Waals surface area contributed by atoms with E-state index in [1.807, 2.05) is 0 Å². The molecule has 0 spiro atoms. The number of rotatable bonds is 4. The van der Waals surface area contributed by atoms with E-state index < -0.39 is 22.5 Å². The Bertz CT molecular complexity index is 612. The third-order valence-corrected chi connectivity index (χ3v) is 2.40. The second-order valence-corrected chi connectivity index (χ2v) is 3.78. The zero-order valence-electron chi connectivity index (χ0n) is 9.81. The van der Waals surface area contributed by atoms with Crippen molar-refractivity contribution in [1.82, 2.24) is 15.2 Å². The molecule has 0 radical (unpaired) electrons. The van der Waals surface area contributed by atoms with Gasteiger partial charge in [0.1, 0.15) is 17.6 Å². The van der Waals surface area contributed by atoms with Gasteiger partial charge in [-0.15, -0.1) is 0 Å². The van der Waals surface area contributed by atoms with E-state index in [0.717, 1.165) is 0 Å². The molecule has 0 aliphatic heterocycles. The molecule has 0 amide bonds. The van der Waals surface area contributed by atoms with Crippen molar-refractivity contribution in [2.75, 3.05) is 5.32 Å². The molecular weight excluding hydrogens is 279 g/mol. The predicted molar refractivity (Wildman–Crippen MR) is 61.8 cm³/mol. The monoisotopic (exact) mass is 287 g/mol. The summed E-state index contributed by atoms with van der Waals surface area (Å²) in [7, 11) is 0. The van der Waals surface area contributed by atoms with Crippen molar-refractivity contribution in [1.29, 1.82) is 0 Å². The van der Waals surface area contributed by atoms with Crippen LogP contribution in [0.3, 0.4) is 0 Å². The Labute approximate surface area is 110 Å². The molecule has 10 heteroatoms. The summed E-state index contributed by atoms with van der Waals surface area (Å²) in [4.78, 5) is 13.0. The minimum Gasteiger partial charge on any atom is -0.374 e. The predicted octanol–water partition coefficient (Wildman–Crippen LogP) is 2.34. The molecule has 2 N–H and O–H groups in total. The Balaban J connectivity index is 2.29. The second kappa shape index (κ2) is 5.15. The lowest BCUT2D eigenvalue weighted by Crippen LogP contribution is -2.11. The third kappa shape index (κ3) is 3.02. The van der Waals surface area contributed by atoms with Crippen LogP contribution in [0.2, 0.25) is 0 Å². The minimum absolute atomic E-state index is 0.0716. The smallest absolute Gasteiger partial charge is 0.374 e. The van der Waals surface area contributed by atoms with E-state index >= 15 is 0 Å². The molecule has 0 atom stereocenters. The zero-order chi connectivity index (χ0) is 14.8. The molecule has 0 aliphatic carbocycles. The lowest BCUT2D eigenvalue weighted by Gasteiger charge is -2.09. The van der Waals surface area contributed by atoms with Crippen molar-refractivity contribution < 1.29 is 18.1 Å². The number of anilines is 1. The highest BCUT2D eigenvalue weighted by Crippen LogP contribution is 2.32. The van der Waals surface area contributed by atoms with E-state index in [1.165, 1.54) is 6.20 Å². The normalized spacial score (nSPS) is 11.3. The van der Waals surface area contributed by atoms with Crippen LogP contribution in [0.4, 0.5) is 24.5 Å². The van der Waals surface area contributed by atoms with Gasteiger partial charge in [-0.05, 0) is 12.1 Å². The molecular formula is C10H8F3N5O2. The van der Waals surface area contributed by atoms with Crippen LogP contribution in [0.15, 0.2) is 24.5 Å². The molecule has 2 heterocycles. The summed E-state index contributed by atoms with van der Waals surface area (Å²) >= 11 is 0. The lowest BCUT2D eigenvalue weighted by molar-refractivity contribution is -0.384. The molecule has 0 aromatic carbocycles. The van der Waals surface area contributed by atoms with Crippen molar-refractivity contribution in [2.45, 2.75) is 12.7 Å². The number of nitrogens with one attached hydrogen (secondary N) is 2. The van der Waals surface area contributed by atoms with Gasteiger partial charge in [0.2, 0.25) is 0 Å². The Kier molecular flexibility index (Phi) is 3.55. The molecule has 2 rings (SSSR count). The summed E-state index contributed by atoms with van der Waals surface area (Å²) < 4.78 is 37.6. The van der Waals surface area contributed by atoms with Crippen LogP contribution >= 0.6 is 0 Å². The zero-order valence-corrected chi connectivity index (χ0v) is 9.81. The van der Waals surface area contributed by atoms with Crippen molar-refractivity contribution in [3.8, 4) is 0 Å². The highest BCUT2D eigenvalue weighted by atomic mass is 19.4. The Morgan fingerprint density at radius 1 is 1.45 bits per heavy atom. The van der Waals surface area contributed by atoms with Gasteiger partial charge < -0.3 is 5.32 Å².